The van der Waals surface area contributed by atoms with E-state index < -0.39 is 0 Å². The van der Waals surface area contributed by atoms with Crippen LogP contribution in [0.4, 0.5) is 4.79 Å². The average Bonchev–Trinajstić information content (AvgIpc) is 2.47. The first-order chi connectivity index (χ1) is 10.2. The molecule has 0 aromatic heterocycles. The maximum absolute atomic E-state index is 11.6. The van der Waals surface area contributed by atoms with Crippen LogP contribution in [0.3, 0.4) is 0 Å². The summed E-state index contributed by atoms with van der Waals surface area (Å²) < 4.78 is 0. The number of benzene rings is 1. The van der Waals surface area contributed by atoms with E-state index >= 15 is 0 Å². The van der Waals surface area contributed by atoms with Crippen LogP contribution in [0.25, 0.3) is 6.08 Å². The van der Waals surface area contributed by atoms with Crippen LogP contribution in [0, 0.1) is 6.92 Å². The summed E-state index contributed by atoms with van der Waals surface area (Å²) in [6, 6.07) is 7.97. The Morgan fingerprint density at radius 2 is 2.05 bits per heavy atom. The molecule has 0 spiro atoms. The second kappa shape index (κ2) is 10.00. The minimum absolute atomic E-state index is 0.154. The smallest absolute Gasteiger partial charge is 0.318 e. The molecule has 0 radical (unpaired) electrons. The number of urea groups is 1. The molecule has 0 aliphatic rings. The first-order valence-electron chi connectivity index (χ1n) is 7.65. The van der Waals surface area contributed by atoms with E-state index in [1.165, 1.54) is 5.56 Å². The van der Waals surface area contributed by atoms with Crippen molar-refractivity contribution in [1.29, 1.82) is 0 Å². The predicted molar refractivity (Wildman–Crippen MR) is 89.2 cm³/mol. The Hall–Kier alpha value is -1.81. The molecule has 0 saturated heterocycles. The number of nitrogens with zero attached hydrogens (tertiary/aromatic N) is 1. The van der Waals surface area contributed by atoms with Gasteiger partial charge in [0.15, 0.2) is 0 Å². The summed E-state index contributed by atoms with van der Waals surface area (Å²) in [6.45, 7) is 10.2. The Morgan fingerprint density at radius 3 is 2.71 bits per heavy atom. The third-order valence-corrected chi connectivity index (χ3v) is 3.36. The van der Waals surface area contributed by atoms with E-state index in [2.05, 4.69) is 35.4 Å². The molecule has 0 heterocycles. The Bertz CT molecular complexity index is 453. The lowest BCUT2D eigenvalue weighted by molar-refractivity contribution is 0.242. The number of hydrogen-bond acceptors (Lipinski definition) is 2. The van der Waals surface area contributed by atoms with Crippen LogP contribution in [0.1, 0.15) is 31.4 Å². The van der Waals surface area contributed by atoms with E-state index in [1.54, 1.807) is 6.20 Å². The van der Waals surface area contributed by atoms with Crippen LogP contribution < -0.4 is 10.6 Å². The van der Waals surface area contributed by atoms with Gasteiger partial charge in [0, 0.05) is 12.7 Å². The molecule has 2 amide bonds. The lowest BCUT2D eigenvalue weighted by Gasteiger charge is -2.17. The van der Waals surface area contributed by atoms with Gasteiger partial charge in [0.25, 0.3) is 0 Å². The highest BCUT2D eigenvalue weighted by molar-refractivity contribution is 5.75. The number of rotatable bonds is 8. The van der Waals surface area contributed by atoms with E-state index in [4.69, 9.17) is 0 Å². The highest BCUT2D eigenvalue weighted by Gasteiger charge is 1.99. The molecule has 4 nitrogen and oxygen atoms in total. The van der Waals surface area contributed by atoms with Gasteiger partial charge in [-0.2, -0.15) is 0 Å². The molecule has 0 aliphatic carbocycles. The topological polar surface area (TPSA) is 44.4 Å². The second-order valence-corrected chi connectivity index (χ2v) is 5.03. The molecule has 0 saturated carbocycles. The minimum atomic E-state index is -0.154. The molecule has 0 unspecified atom stereocenters. The van der Waals surface area contributed by atoms with Crippen LogP contribution >= 0.6 is 0 Å². The largest absolute Gasteiger partial charge is 0.338 e. The van der Waals surface area contributed by atoms with E-state index in [0.717, 1.165) is 31.6 Å². The molecule has 21 heavy (non-hydrogen) atoms. The van der Waals surface area contributed by atoms with Gasteiger partial charge in [-0.3, -0.25) is 0 Å². The zero-order valence-electron chi connectivity index (χ0n) is 13.4. The Morgan fingerprint density at radius 1 is 1.29 bits per heavy atom. The minimum Gasteiger partial charge on any atom is -0.338 e. The summed E-state index contributed by atoms with van der Waals surface area (Å²) in [4.78, 5) is 13.9. The standard InChI is InChI=1S/C17H27N3O/c1-4-20(5-2)13-7-11-18-17(21)19-12-10-16-9-6-8-15(3)14-16/h6,8-10,12,14H,4-5,7,11,13H2,1-3H3,(H2,18,19,21)/b12-10+. The fourth-order valence-corrected chi connectivity index (χ4v) is 2.08. The van der Waals surface area contributed by atoms with Gasteiger partial charge in [0.05, 0.1) is 0 Å². The third-order valence-electron chi connectivity index (χ3n) is 3.36. The fraction of sp³-hybridized carbons (Fsp3) is 0.471. The van der Waals surface area contributed by atoms with Crippen molar-refractivity contribution in [3.05, 3.63) is 41.6 Å². The highest BCUT2D eigenvalue weighted by Crippen LogP contribution is 2.04. The third kappa shape index (κ3) is 7.51. The molecule has 2 N–H and O–H groups in total. The molecule has 0 atom stereocenters. The Balaban J connectivity index is 2.19. The maximum atomic E-state index is 11.6. The van der Waals surface area contributed by atoms with E-state index in [1.807, 2.05) is 31.2 Å². The molecule has 4 heteroatoms. The Labute approximate surface area is 128 Å². The van der Waals surface area contributed by atoms with Crippen molar-refractivity contribution in [2.24, 2.45) is 0 Å². The van der Waals surface area contributed by atoms with Gasteiger partial charge < -0.3 is 15.5 Å². The van der Waals surface area contributed by atoms with Gasteiger partial charge in [-0.25, -0.2) is 4.79 Å². The van der Waals surface area contributed by atoms with Gasteiger partial charge in [0.2, 0.25) is 0 Å². The molecular weight excluding hydrogens is 262 g/mol. The summed E-state index contributed by atoms with van der Waals surface area (Å²) in [5, 5.41) is 5.58. The SMILES string of the molecule is CCN(CC)CCCNC(=O)N/C=C/c1cccc(C)c1. The van der Waals surface area contributed by atoms with Crippen molar-refractivity contribution in [1.82, 2.24) is 15.5 Å². The van der Waals surface area contributed by atoms with Gasteiger partial charge in [-0.15, -0.1) is 0 Å². The number of hydrogen-bond donors (Lipinski definition) is 2. The molecule has 0 bridgehead atoms. The van der Waals surface area contributed by atoms with Crippen molar-refractivity contribution in [2.75, 3.05) is 26.2 Å². The normalized spacial score (nSPS) is 11.0. The van der Waals surface area contributed by atoms with Crippen molar-refractivity contribution in [3.8, 4) is 0 Å². The summed E-state index contributed by atoms with van der Waals surface area (Å²) in [5.74, 6) is 0. The molecular formula is C17H27N3O. The monoisotopic (exact) mass is 289 g/mol. The van der Waals surface area contributed by atoms with Crippen LogP contribution in [0.2, 0.25) is 0 Å². The van der Waals surface area contributed by atoms with Crippen LogP contribution in [-0.4, -0.2) is 37.1 Å². The number of carbonyl (C=O) groups excluding carboxylic acids is 1. The zero-order chi connectivity index (χ0) is 15.5. The first kappa shape index (κ1) is 17.2. The van der Waals surface area contributed by atoms with Crippen LogP contribution in [0.5, 0.6) is 0 Å². The molecule has 1 rings (SSSR count). The Kier molecular flexibility index (Phi) is 8.21. The maximum Gasteiger partial charge on any atom is 0.318 e. The molecule has 1 aromatic rings. The molecule has 1 aromatic carbocycles. The van der Waals surface area contributed by atoms with Gasteiger partial charge in [0.1, 0.15) is 0 Å². The number of aryl methyl sites for hydroxylation is 1. The lowest BCUT2D eigenvalue weighted by Crippen LogP contribution is -2.34. The van der Waals surface area contributed by atoms with Crippen molar-refractivity contribution in [3.63, 3.8) is 0 Å². The second-order valence-electron chi connectivity index (χ2n) is 5.03. The predicted octanol–water partition coefficient (Wildman–Crippen LogP) is 3.00. The van der Waals surface area contributed by atoms with E-state index in [0.29, 0.717) is 6.54 Å². The molecule has 116 valence electrons. The number of amides is 2. The van der Waals surface area contributed by atoms with Crippen LogP contribution in [-0.2, 0) is 0 Å². The summed E-state index contributed by atoms with van der Waals surface area (Å²) in [7, 11) is 0. The number of nitrogens with one attached hydrogen (secondary N) is 2. The van der Waals surface area contributed by atoms with Crippen LogP contribution in [0.15, 0.2) is 30.5 Å². The van der Waals surface area contributed by atoms with Gasteiger partial charge in [-0.05, 0) is 44.6 Å². The summed E-state index contributed by atoms with van der Waals surface area (Å²) >= 11 is 0. The first-order valence-corrected chi connectivity index (χ1v) is 7.65. The van der Waals surface area contributed by atoms with Gasteiger partial charge in [-0.1, -0.05) is 43.7 Å². The number of carbonyl (C=O) groups is 1. The van der Waals surface area contributed by atoms with E-state index in [9.17, 15) is 4.79 Å². The van der Waals surface area contributed by atoms with E-state index in [-0.39, 0.29) is 6.03 Å². The lowest BCUT2D eigenvalue weighted by atomic mass is 10.1. The van der Waals surface area contributed by atoms with Gasteiger partial charge >= 0.3 is 6.03 Å². The molecule has 0 fully saturated rings. The average molecular weight is 289 g/mol. The highest BCUT2D eigenvalue weighted by atomic mass is 16.2. The van der Waals surface area contributed by atoms with Crippen molar-refractivity contribution >= 4 is 12.1 Å². The van der Waals surface area contributed by atoms with Crippen molar-refractivity contribution < 1.29 is 4.79 Å². The fourth-order valence-electron chi connectivity index (χ4n) is 2.08. The summed E-state index contributed by atoms with van der Waals surface area (Å²) in [5.41, 5.74) is 2.29. The van der Waals surface area contributed by atoms with Crippen molar-refractivity contribution in [2.45, 2.75) is 27.2 Å². The summed E-state index contributed by atoms with van der Waals surface area (Å²) in [6.07, 6.45) is 4.54. The zero-order valence-corrected chi connectivity index (χ0v) is 13.4. The quantitative estimate of drug-likeness (QED) is 0.723. The molecule has 0 aliphatic heterocycles.